The first-order valence-corrected chi connectivity index (χ1v) is 4.43. The van der Waals surface area contributed by atoms with Gasteiger partial charge in [0.15, 0.2) is 5.82 Å². The molecule has 2 amide bonds. The highest BCUT2D eigenvalue weighted by atomic mass is 16.2. The molecule has 0 fully saturated rings. The zero-order chi connectivity index (χ0) is 12.1. The van der Waals surface area contributed by atoms with Gasteiger partial charge in [0, 0.05) is 0 Å². The molecule has 1 atom stereocenters. The molecule has 0 saturated heterocycles. The average molecular weight is 224 g/mol. The Hall–Kier alpha value is -2.22. The smallest absolute Gasteiger partial charge is 0.272 e. The maximum Gasteiger partial charge on any atom is 0.272 e. The van der Waals surface area contributed by atoms with Crippen molar-refractivity contribution >= 4 is 17.6 Å². The van der Waals surface area contributed by atoms with Crippen LogP contribution in [-0.4, -0.2) is 27.8 Å². The van der Waals surface area contributed by atoms with E-state index in [1.165, 1.54) is 19.3 Å². The maximum absolute atomic E-state index is 11.5. The fourth-order valence-corrected chi connectivity index (χ4v) is 0.887. The van der Waals surface area contributed by atoms with Gasteiger partial charge in [-0.2, -0.15) is 0 Å². The molecule has 0 bridgehead atoms. The Morgan fingerprint density at radius 2 is 2.12 bits per heavy atom. The lowest BCUT2D eigenvalue weighted by molar-refractivity contribution is -0.119. The molecule has 0 aliphatic carbocycles. The van der Waals surface area contributed by atoms with Crippen LogP contribution in [0.4, 0.5) is 5.82 Å². The van der Waals surface area contributed by atoms with Crippen LogP contribution >= 0.6 is 0 Å². The summed E-state index contributed by atoms with van der Waals surface area (Å²) in [4.78, 5) is 29.9. The van der Waals surface area contributed by atoms with E-state index in [1.807, 2.05) is 0 Å². The number of hydrogen-bond acceptors (Lipinski definition) is 6. The van der Waals surface area contributed by atoms with E-state index in [0.717, 1.165) is 0 Å². The van der Waals surface area contributed by atoms with Crippen molar-refractivity contribution in [3.63, 3.8) is 0 Å². The quantitative estimate of drug-likeness (QED) is 0.358. The van der Waals surface area contributed by atoms with E-state index in [-0.39, 0.29) is 11.5 Å². The van der Waals surface area contributed by atoms with Crippen LogP contribution in [0.1, 0.15) is 17.4 Å². The Labute approximate surface area is 91.4 Å². The summed E-state index contributed by atoms with van der Waals surface area (Å²) in [7, 11) is 0. The normalized spacial score (nSPS) is 11.6. The highest BCUT2D eigenvalue weighted by Gasteiger charge is 2.15. The molecule has 1 heterocycles. The first-order chi connectivity index (χ1) is 7.54. The topological polar surface area (TPSA) is 136 Å². The van der Waals surface area contributed by atoms with Crippen LogP contribution in [0.2, 0.25) is 0 Å². The van der Waals surface area contributed by atoms with E-state index >= 15 is 0 Å². The standard InChI is InChI=1S/C8H12N6O2/c1-4(7(9)15)12-8(16)5-2-11-3-6(13-5)14-10/h2-4H,10H2,1H3,(H2,9,15)(H,12,16)(H,13,14). The van der Waals surface area contributed by atoms with Gasteiger partial charge in [-0.25, -0.2) is 10.8 Å². The van der Waals surface area contributed by atoms with Gasteiger partial charge < -0.3 is 16.5 Å². The molecule has 1 unspecified atom stereocenters. The molecule has 0 spiro atoms. The van der Waals surface area contributed by atoms with Crippen LogP contribution in [0.25, 0.3) is 0 Å². The fourth-order valence-electron chi connectivity index (χ4n) is 0.887. The lowest BCUT2D eigenvalue weighted by atomic mass is 10.3. The molecule has 8 heteroatoms. The van der Waals surface area contributed by atoms with Crippen molar-refractivity contribution in [3.8, 4) is 0 Å². The summed E-state index contributed by atoms with van der Waals surface area (Å²) < 4.78 is 0. The van der Waals surface area contributed by atoms with Crippen molar-refractivity contribution in [2.24, 2.45) is 11.6 Å². The van der Waals surface area contributed by atoms with Gasteiger partial charge >= 0.3 is 0 Å². The minimum Gasteiger partial charge on any atom is -0.368 e. The number of nitrogens with two attached hydrogens (primary N) is 2. The van der Waals surface area contributed by atoms with Gasteiger partial charge in [0.1, 0.15) is 11.7 Å². The number of anilines is 1. The molecule has 0 aromatic carbocycles. The number of amides is 2. The molecule has 1 aromatic rings. The highest BCUT2D eigenvalue weighted by molar-refractivity contribution is 5.95. The van der Waals surface area contributed by atoms with Crippen molar-refractivity contribution in [1.82, 2.24) is 15.3 Å². The van der Waals surface area contributed by atoms with E-state index in [1.54, 1.807) is 0 Å². The van der Waals surface area contributed by atoms with Gasteiger partial charge in [-0.3, -0.25) is 14.6 Å². The molecular formula is C8H12N6O2. The van der Waals surface area contributed by atoms with Crippen LogP contribution < -0.4 is 22.3 Å². The number of aromatic nitrogens is 2. The third-order valence-corrected chi connectivity index (χ3v) is 1.79. The van der Waals surface area contributed by atoms with Crippen molar-refractivity contribution in [1.29, 1.82) is 0 Å². The van der Waals surface area contributed by atoms with Crippen molar-refractivity contribution in [2.45, 2.75) is 13.0 Å². The van der Waals surface area contributed by atoms with Crippen LogP contribution in [0.15, 0.2) is 12.4 Å². The molecule has 16 heavy (non-hydrogen) atoms. The Balaban J connectivity index is 2.76. The van der Waals surface area contributed by atoms with Crippen LogP contribution in [0.5, 0.6) is 0 Å². The van der Waals surface area contributed by atoms with Crippen molar-refractivity contribution in [3.05, 3.63) is 18.1 Å². The molecule has 0 aliphatic rings. The molecule has 1 aromatic heterocycles. The summed E-state index contributed by atoms with van der Waals surface area (Å²) in [5.41, 5.74) is 7.29. The molecule has 8 nitrogen and oxygen atoms in total. The van der Waals surface area contributed by atoms with Gasteiger partial charge in [-0.15, -0.1) is 0 Å². The van der Waals surface area contributed by atoms with Gasteiger partial charge in [-0.05, 0) is 6.92 Å². The number of nitrogens with zero attached hydrogens (tertiary/aromatic N) is 2. The second kappa shape index (κ2) is 5.03. The molecule has 0 saturated carbocycles. The number of carbonyl (C=O) groups excluding carboxylic acids is 2. The number of nitrogens with one attached hydrogen (secondary N) is 2. The Morgan fingerprint density at radius 1 is 1.44 bits per heavy atom. The van der Waals surface area contributed by atoms with Gasteiger partial charge in [0.25, 0.3) is 5.91 Å². The molecule has 1 rings (SSSR count). The number of hydrazine groups is 1. The van der Waals surface area contributed by atoms with E-state index in [2.05, 4.69) is 20.7 Å². The molecular weight excluding hydrogens is 212 g/mol. The van der Waals surface area contributed by atoms with E-state index in [9.17, 15) is 9.59 Å². The summed E-state index contributed by atoms with van der Waals surface area (Å²) >= 11 is 0. The Bertz CT molecular complexity index is 407. The number of carbonyl (C=O) groups is 2. The van der Waals surface area contributed by atoms with Crippen LogP contribution in [0, 0.1) is 0 Å². The summed E-state index contributed by atoms with van der Waals surface area (Å²) in [5.74, 6) is 4.18. The molecule has 0 radical (unpaired) electrons. The van der Waals surface area contributed by atoms with Crippen molar-refractivity contribution in [2.75, 3.05) is 5.43 Å². The molecule has 6 N–H and O–H groups in total. The number of hydrogen-bond donors (Lipinski definition) is 4. The van der Waals surface area contributed by atoms with Crippen LogP contribution in [0.3, 0.4) is 0 Å². The van der Waals surface area contributed by atoms with E-state index in [0.29, 0.717) is 0 Å². The Kier molecular flexibility index (Phi) is 3.72. The average Bonchev–Trinajstić information content (AvgIpc) is 2.28. The molecule has 86 valence electrons. The number of rotatable bonds is 4. The van der Waals surface area contributed by atoms with Gasteiger partial charge in [0.2, 0.25) is 5.91 Å². The summed E-state index contributed by atoms with van der Waals surface area (Å²) in [5, 5.41) is 2.36. The summed E-state index contributed by atoms with van der Waals surface area (Å²) in [6.07, 6.45) is 2.61. The first-order valence-electron chi connectivity index (χ1n) is 4.43. The number of nitrogen functional groups attached to an aromatic ring is 1. The third-order valence-electron chi connectivity index (χ3n) is 1.79. The zero-order valence-corrected chi connectivity index (χ0v) is 8.60. The SMILES string of the molecule is CC(NC(=O)c1cncc(NN)n1)C(N)=O. The maximum atomic E-state index is 11.5. The van der Waals surface area contributed by atoms with Gasteiger partial charge in [0.05, 0.1) is 12.4 Å². The molecule has 0 aliphatic heterocycles. The van der Waals surface area contributed by atoms with E-state index in [4.69, 9.17) is 11.6 Å². The monoisotopic (exact) mass is 224 g/mol. The van der Waals surface area contributed by atoms with E-state index < -0.39 is 17.9 Å². The largest absolute Gasteiger partial charge is 0.368 e. The predicted octanol–water partition coefficient (Wildman–Crippen LogP) is -1.63. The summed E-state index contributed by atoms with van der Waals surface area (Å²) in [6.45, 7) is 1.47. The third kappa shape index (κ3) is 2.89. The Morgan fingerprint density at radius 3 is 2.69 bits per heavy atom. The lowest BCUT2D eigenvalue weighted by Gasteiger charge is -2.09. The second-order valence-corrected chi connectivity index (χ2v) is 3.03. The van der Waals surface area contributed by atoms with Gasteiger partial charge in [-0.1, -0.05) is 0 Å². The minimum absolute atomic E-state index is 0.0450. The highest BCUT2D eigenvalue weighted by Crippen LogP contribution is 2.00. The van der Waals surface area contributed by atoms with Crippen molar-refractivity contribution < 1.29 is 9.59 Å². The van der Waals surface area contributed by atoms with Crippen LogP contribution in [-0.2, 0) is 4.79 Å². The zero-order valence-electron chi connectivity index (χ0n) is 8.60. The first kappa shape index (κ1) is 11.9. The predicted molar refractivity (Wildman–Crippen MR) is 56.0 cm³/mol. The lowest BCUT2D eigenvalue weighted by Crippen LogP contribution is -2.42. The fraction of sp³-hybridized carbons (Fsp3) is 0.250. The minimum atomic E-state index is -0.774. The second-order valence-electron chi connectivity index (χ2n) is 3.03. The summed E-state index contributed by atoms with van der Waals surface area (Å²) in [6, 6.07) is -0.774. The number of primary amides is 1.